The molecule has 3 aromatic rings. The summed E-state index contributed by atoms with van der Waals surface area (Å²) in [5.41, 5.74) is 1.62. The third kappa shape index (κ3) is 2.51. The quantitative estimate of drug-likeness (QED) is 0.786. The van der Waals surface area contributed by atoms with Crippen LogP contribution in [0.2, 0.25) is 0 Å². The van der Waals surface area contributed by atoms with Gasteiger partial charge in [0.25, 0.3) is 0 Å². The van der Waals surface area contributed by atoms with Crippen LogP contribution in [0.4, 0.5) is 10.2 Å². The zero-order valence-electron chi connectivity index (χ0n) is 10.9. The molecule has 0 amide bonds. The van der Waals surface area contributed by atoms with E-state index in [9.17, 15) is 4.39 Å². The van der Waals surface area contributed by atoms with Crippen LogP contribution in [0.5, 0.6) is 0 Å². The Bertz CT molecular complexity index is 703. The summed E-state index contributed by atoms with van der Waals surface area (Å²) < 4.78 is 16.7. The molecule has 6 nitrogen and oxygen atoms in total. The van der Waals surface area contributed by atoms with E-state index < -0.39 is 0 Å². The summed E-state index contributed by atoms with van der Waals surface area (Å²) in [6.45, 7) is 0.436. The number of aromatic nitrogens is 5. The van der Waals surface area contributed by atoms with Crippen LogP contribution in [0.1, 0.15) is 5.56 Å². The normalized spacial score (nSPS) is 10.7. The van der Waals surface area contributed by atoms with Gasteiger partial charge < -0.3 is 5.32 Å². The van der Waals surface area contributed by atoms with Gasteiger partial charge in [-0.1, -0.05) is 5.21 Å². The molecule has 102 valence electrons. The Kier molecular flexibility index (Phi) is 3.16. The van der Waals surface area contributed by atoms with E-state index in [-0.39, 0.29) is 5.82 Å². The average molecular weight is 272 g/mol. The van der Waals surface area contributed by atoms with Crippen molar-refractivity contribution in [2.24, 2.45) is 7.05 Å². The second kappa shape index (κ2) is 5.12. The lowest BCUT2D eigenvalue weighted by Crippen LogP contribution is -2.06. The first-order chi connectivity index (χ1) is 9.72. The topological polar surface area (TPSA) is 60.6 Å². The van der Waals surface area contributed by atoms with E-state index in [1.165, 1.54) is 12.1 Å². The van der Waals surface area contributed by atoms with Crippen molar-refractivity contribution in [3.8, 4) is 5.69 Å². The Labute approximate surface area is 114 Å². The number of aryl methyl sites for hydroxylation is 1. The molecule has 0 saturated heterocycles. The standard InChI is InChI=1S/C13H13FN6/c1-19-9-13(17-18-19)15-8-10-7-11(14)3-4-12(10)20-6-2-5-16-20/h2-7,9,15H,8H2,1H3. The Morgan fingerprint density at radius 2 is 2.25 bits per heavy atom. The van der Waals surface area contributed by atoms with Gasteiger partial charge >= 0.3 is 0 Å². The fourth-order valence-electron chi connectivity index (χ4n) is 1.94. The highest BCUT2D eigenvalue weighted by atomic mass is 19.1. The highest BCUT2D eigenvalue weighted by Gasteiger charge is 2.07. The zero-order valence-corrected chi connectivity index (χ0v) is 10.9. The molecule has 0 atom stereocenters. The van der Waals surface area contributed by atoms with Crippen molar-refractivity contribution in [2.75, 3.05) is 5.32 Å². The molecular weight excluding hydrogens is 259 g/mol. The van der Waals surface area contributed by atoms with Crippen molar-refractivity contribution in [3.05, 3.63) is 54.2 Å². The number of hydrogen-bond acceptors (Lipinski definition) is 4. The predicted molar refractivity (Wildman–Crippen MR) is 71.9 cm³/mol. The van der Waals surface area contributed by atoms with Gasteiger partial charge in [-0.05, 0) is 29.8 Å². The number of nitrogens with one attached hydrogen (secondary N) is 1. The number of rotatable bonds is 4. The van der Waals surface area contributed by atoms with E-state index in [1.807, 2.05) is 12.3 Å². The van der Waals surface area contributed by atoms with Crippen molar-refractivity contribution >= 4 is 5.82 Å². The first-order valence-corrected chi connectivity index (χ1v) is 6.11. The predicted octanol–water partition coefficient (Wildman–Crippen LogP) is 1.75. The molecule has 0 bridgehead atoms. The fraction of sp³-hybridized carbons (Fsp3) is 0.154. The Balaban J connectivity index is 1.86. The Hall–Kier alpha value is -2.70. The van der Waals surface area contributed by atoms with Gasteiger partial charge in [-0.2, -0.15) is 5.10 Å². The SMILES string of the molecule is Cn1cc(NCc2cc(F)ccc2-n2cccn2)nn1. The van der Waals surface area contributed by atoms with Crippen LogP contribution < -0.4 is 5.32 Å². The van der Waals surface area contributed by atoms with Crippen molar-refractivity contribution < 1.29 is 4.39 Å². The van der Waals surface area contributed by atoms with E-state index in [2.05, 4.69) is 20.7 Å². The molecule has 1 N–H and O–H groups in total. The smallest absolute Gasteiger partial charge is 0.168 e. The summed E-state index contributed by atoms with van der Waals surface area (Å²) in [4.78, 5) is 0. The molecule has 0 aliphatic rings. The van der Waals surface area contributed by atoms with E-state index >= 15 is 0 Å². The second-order valence-electron chi connectivity index (χ2n) is 4.35. The summed E-state index contributed by atoms with van der Waals surface area (Å²) >= 11 is 0. The molecule has 2 aromatic heterocycles. The van der Waals surface area contributed by atoms with E-state index in [4.69, 9.17) is 0 Å². The molecule has 3 rings (SSSR count). The summed E-state index contributed by atoms with van der Waals surface area (Å²) in [6, 6.07) is 6.43. The Morgan fingerprint density at radius 1 is 1.35 bits per heavy atom. The van der Waals surface area contributed by atoms with Crippen LogP contribution in [0.15, 0.2) is 42.9 Å². The largest absolute Gasteiger partial charge is 0.363 e. The molecule has 0 radical (unpaired) electrons. The zero-order chi connectivity index (χ0) is 13.9. The van der Waals surface area contributed by atoms with Crippen LogP contribution in [0.3, 0.4) is 0 Å². The van der Waals surface area contributed by atoms with E-state index in [0.29, 0.717) is 12.4 Å². The number of nitrogens with zero attached hydrogens (tertiary/aromatic N) is 5. The van der Waals surface area contributed by atoms with Crippen LogP contribution in [0.25, 0.3) is 5.69 Å². The molecule has 0 aliphatic heterocycles. The molecule has 0 unspecified atom stereocenters. The van der Waals surface area contributed by atoms with Gasteiger partial charge in [-0.3, -0.25) is 4.68 Å². The molecule has 0 fully saturated rings. The lowest BCUT2D eigenvalue weighted by atomic mass is 10.1. The highest BCUT2D eigenvalue weighted by molar-refractivity contribution is 5.43. The molecule has 1 aromatic carbocycles. The van der Waals surface area contributed by atoms with Gasteiger partial charge in [-0.25, -0.2) is 9.07 Å². The van der Waals surface area contributed by atoms with E-state index in [0.717, 1.165) is 11.3 Å². The van der Waals surface area contributed by atoms with Gasteiger partial charge in [0.2, 0.25) is 0 Å². The average Bonchev–Trinajstić information content (AvgIpc) is 3.08. The fourth-order valence-corrected chi connectivity index (χ4v) is 1.94. The number of benzene rings is 1. The molecule has 7 heteroatoms. The first kappa shape index (κ1) is 12.3. The van der Waals surface area contributed by atoms with Gasteiger partial charge in [0.15, 0.2) is 5.82 Å². The second-order valence-corrected chi connectivity index (χ2v) is 4.35. The molecular formula is C13H13FN6. The number of halogens is 1. The minimum atomic E-state index is -0.281. The monoisotopic (exact) mass is 272 g/mol. The molecule has 0 saturated carbocycles. The summed E-state index contributed by atoms with van der Waals surface area (Å²) in [5.74, 6) is 0.361. The third-order valence-electron chi connectivity index (χ3n) is 2.86. The van der Waals surface area contributed by atoms with E-state index in [1.54, 1.807) is 34.9 Å². The van der Waals surface area contributed by atoms with Crippen molar-refractivity contribution in [1.82, 2.24) is 24.8 Å². The van der Waals surface area contributed by atoms with Crippen molar-refractivity contribution in [3.63, 3.8) is 0 Å². The maximum atomic E-state index is 13.4. The van der Waals surface area contributed by atoms with Crippen LogP contribution in [0, 0.1) is 5.82 Å². The third-order valence-corrected chi connectivity index (χ3v) is 2.86. The number of hydrogen-bond donors (Lipinski definition) is 1. The summed E-state index contributed by atoms with van der Waals surface area (Å²) in [6.07, 6.45) is 5.26. The van der Waals surface area contributed by atoms with Crippen molar-refractivity contribution in [2.45, 2.75) is 6.54 Å². The number of anilines is 1. The molecule has 20 heavy (non-hydrogen) atoms. The van der Waals surface area contributed by atoms with Gasteiger partial charge in [0.1, 0.15) is 5.82 Å². The minimum Gasteiger partial charge on any atom is -0.363 e. The van der Waals surface area contributed by atoms with Crippen molar-refractivity contribution in [1.29, 1.82) is 0 Å². The molecule has 0 aliphatic carbocycles. The van der Waals surface area contributed by atoms with Gasteiger partial charge in [-0.15, -0.1) is 5.10 Å². The highest BCUT2D eigenvalue weighted by Crippen LogP contribution is 2.16. The van der Waals surface area contributed by atoms with Crippen LogP contribution in [-0.4, -0.2) is 24.8 Å². The summed E-state index contributed by atoms with van der Waals surface area (Å²) in [7, 11) is 1.79. The lowest BCUT2D eigenvalue weighted by Gasteiger charge is -2.10. The Morgan fingerprint density at radius 3 is 2.95 bits per heavy atom. The van der Waals surface area contributed by atoms with Gasteiger partial charge in [0.05, 0.1) is 11.9 Å². The van der Waals surface area contributed by atoms with Crippen LogP contribution in [-0.2, 0) is 13.6 Å². The maximum absolute atomic E-state index is 13.4. The maximum Gasteiger partial charge on any atom is 0.168 e. The van der Waals surface area contributed by atoms with Gasteiger partial charge in [0, 0.05) is 26.0 Å². The first-order valence-electron chi connectivity index (χ1n) is 6.11. The molecule has 0 spiro atoms. The van der Waals surface area contributed by atoms with Crippen LogP contribution >= 0.6 is 0 Å². The summed E-state index contributed by atoms with van der Waals surface area (Å²) in [5, 5.41) is 15.0. The molecule has 2 heterocycles. The minimum absolute atomic E-state index is 0.281. The lowest BCUT2D eigenvalue weighted by molar-refractivity contribution is 0.624.